The average Bonchev–Trinajstić information content (AvgIpc) is 3.29. The van der Waals surface area contributed by atoms with Crippen molar-refractivity contribution in [1.29, 1.82) is 0 Å². The van der Waals surface area contributed by atoms with Gasteiger partial charge in [0.1, 0.15) is 17.5 Å². The molecule has 6 heteroatoms. The molecule has 0 saturated heterocycles. The van der Waals surface area contributed by atoms with Crippen LogP contribution in [-0.4, -0.2) is 43.1 Å². The first-order valence-corrected chi connectivity index (χ1v) is 7.12. The Labute approximate surface area is 120 Å². The van der Waals surface area contributed by atoms with Gasteiger partial charge in [-0.1, -0.05) is 0 Å². The van der Waals surface area contributed by atoms with Gasteiger partial charge in [0.05, 0.1) is 6.54 Å². The lowest BCUT2D eigenvalue weighted by molar-refractivity contribution is -0.119. The van der Waals surface area contributed by atoms with Gasteiger partial charge in [0.2, 0.25) is 5.91 Å². The topological polar surface area (TPSA) is 70.2 Å². The smallest absolute Gasteiger partial charge is 0.239 e. The fraction of sp³-hybridized carbons (Fsp3) is 0.643. The van der Waals surface area contributed by atoms with Crippen LogP contribution in [-0.2, 0) is 4.79 Å². The Morgan fingerprint density at radius 2 is 2.05 bits per heavy atom. The second kappa shape index (κ2) is 6.07. The first-order chi connectivity index (χ1) is 9.60. The zero-order valence-corrected chi connectivity index (χ0v) is 12.7. The summed E-state index contributed by atoms with van der Waals surface area (Å²) in [4.78, 5) is 22.9. The zero-order chi connectivity index (χ0) is 14.7. The maximum atomic E-state index is 11.6. The lowest BCUT2D eigenvalue weighted by Gasteiger charge is -2.24. The fourth-order valence-corrected chi connectivity index (χ4v) is 2.19. The third-order valence-electron chi connectivity index (χ3n) is 3.61. The van der Waals surface area contributed by atoms with E-state index in [0.717, 1.165) is 42.4 Å². The number of hydrogen-bond acceptors (Lipinski definition) is 5. The van der Waals surface area contributed by atoms with Gasteiger partial charge >= 0.3 is 0 Å². The first kappa shape index (κ1) is 14.6. The molecule has 0 radical (unpaired) electrons. The van der Waals surface area contributed by atoms with Crippen LogP contribution in [0.5, 0.6) is 0 Å². The molecule has 1 aromatic rings. The van der Waals surface area contributed by atoms with Crippen molar-refractivity contribution >= 4 is 17.5 Å². The van der Waals surface area contributed by atoms with Crippen molar-refractivity contribution in [2.75, 3.05) is 37.4 Å². The number of amides is 1. The summed E-state index contributed by atoms with van der Waals surface area (Å²) >= 11 is 0. The van der Waals surface area contributed by atoms with E-state index in [4.69, 9.17) is 4.98 Å². The van der Waals surface area contributed by atoms with Crippen LogP contribution in [0.2, 0.25) is 0 Å². The summed E-state index contributed by atoms with van der Waals surface area (Å²) < 4.78 is 0. The Morgan fingerprint density at radius 1 is 1.35 bits per heavy atom. The maximum absolute atomic E-state index is 11.6. The molecule has 1 amide bonds. The van der Waals surface area contributed by atoms with E-state index in [9.17, 15) is 4.79 Å². The van der Waals surface area contributed by atoms with Gasteiger partial charge in [-0.15, -0.1) is 0 Å². The van der Waals surface area contributed by atoms with Crippen LogP contribution in [0, 0.1) is 6.92 Å². The SMILES string of the molecule is CCN(CC(=O)NC)c1nc(C2CC2)nc(NC)c1C. The molecular weight excluding hydrogens is 254 g/mol. The summed E-state index contributed by atoms with van der Waals surface area (Å²) in [6.07, 6.45) is 2.32. The van der Waals surface area contributed by atoms with Crippen LogP contribution in [0.15, 0.2) is 0 Å². The second-order valence-corrected chi connectivity index (χ2v) is 5.09. The Morgan fingerprint density at radius 3 is 2.55 bits per heavy atom. The lowest BCUT2D eigenvalue weighted by Crippen LogP contribution is -2.36. The molecule has 1 aliphatic rings. The van der Waals surface area contributed by atoms with E-state index >= 15 is 0 Å². The van der Waals surface area contributed by atoms with E-state index in [1.165, 1.54) is 0 Å². The van der Waals surface area contributed by atoms with E-state index in [0.29, 0.717) is 12.5 Å². The number of carbonyl (C=O) groups excluding carboxylic acids is 1. The van der Waals surface area contributed by atoms with Gasteiger partial charge < -0.3 is 15.5 Å². The maximum Gasteiger partial charge on any atom is 0.239 e. The van der Waals surface area contributed by atoms with Crippen LogP contribution in [0.25, 0.3) is 0 Å². The number of aromatic nitrogens is 2. The average molecular weight is 277 g/mol. The predicted octanol–water partition coefficient (Wildman–Crippen LogP) is 1.28. The molecule has 0 unspecified atom stereocenters. The molecular formula is C14H23N5O. The minimum Gasteiger partial charge on any atom is -0.373 e. The quantitative estimate of drug-likeness (QED) is 0.819. The van der Waals surface area contributed by atoms with Crippen molar-refractivity contribution in [3.05, 3.63) is 11.4 Å². The van der Waals surface area contributed by atoms with Gasteiger partial charge in [0.25, 0.3) is 0 Å². The van der Waals surface area contributed by atoms with Crippen LogP contribution < -0.4 is 15.5 Å². The van der Waals surface area contributed by atoms with Crippen LogP contribution >= 0.6 is 0 Å². The van der Waals surface area contributed by atoms with E-state index in [2.05, 4.69) is 15.6 Å². The van der Waals surface area contributed by atoms with Crippen LogP contribution in [0.4, 0.5) is 11.6 Å². The summed E-state index contributed by atoms with van der Waals surface area (Å²) in [5.74, 6) is 3.08. The summed E-state index contributed by atoms with van der Waals surface area (Å²) in [7, 11) is 3.52. The molecule has 1 aromatic heterocycles. The van der Waals surface area contributed by atoms with Crippen molar-refractivity contribution in [3.8, 4) is 0 Å². The van der Waals surface area contributed by atoms with E-state index in [1.807, 2.05) is 25.8 Å². The molecule has 0 aromatic carbocycles. The first-order valence-electron chi connectivity index (χ1n) is 7.12. The molecule has 110 valence electrons. The van der Waals surface area contributed by atoms with Crippen LogP contribution in [0.3, 0.4) is 0 Å². The molecule has 0 bridgehead atoms. The highest BCUT2D eigenvalue weighted by atomic mass is 16.1. The summed E-state index contributed by atoms with van der Waals surface area (Å²) in [5, 5.41) is 5.78. The molecule has 1 heterocycles. The van der Waals surface area contributed by atoms with Crippen molar-refractivity contribution < 1.29 is 4.79 Å². The van der Waals surface area contributed by atoms with E-state index in [-0.39, 0.29) is 5.91 Å². The largest absolute Gasteiger partial charge is 0.373 e. The highest BCUT2D eigenvalue weighted by Crippen LogP contribution is 2.39. The van der Waals surface area contributed by atoms with Gasteiger partial charge in [0.15, 0.2) is 0 Å². The fourth-order valence-electron chi connectivity index (χ4n) is 2.19. The number of hydrogen-bond donors (Lipinski definition) is 2. The number of carbonyl (C=O) groups is 1. The third kappa shape index (κ3) is 3.00. The van der Waals surface area contributed by atoms with Crippen molar-refractivity contribution in [1.82, 2.24) is 15.3 Å². The molecule has 1 aliphatic carbocycles. The number of anilines is 2. The highest BCUT2D eigenvalue weighted by Gasteiger charge is 2.29. The number of rotatable bonds is 6. The molecule has 1 saturated carbocycles. The number of nitrogens with zero attached hydrogens (tertiary/aromatic N) is 3. The second-order valence-electron chi connectivity index (χ2n) is 5.09. The van der Waals surface area contributed by atoms with Gasteiger partial charge in [-0.2, -0.15) is 0 Å². The molecule has 2 rings (SSSR count). The normalized spacial score (nSPS) is 14.0. The van der Waals surface area contributed by atoms with Gasteiger partial charge in [-0.05, 0) is 26.7 Å². The highest BCUT2D eigenvalue weighted by molar-refractivity contribution is 5.81. The predicted molar refractivity (Wildman–Crippen MR) is 80.2 cm³/mol. The monoisotopic (exact) mass is 277 g/mol. The van der Waals surface area contributed by atoms with Gasteiger partial charge in [-0.3, -0.25) is 4.79 Å². The Hall–Kier alpha value is -1.85. The van der Waals surface area contributed by atoms with Gasteiger partial charge in [0, 0.05) is 32.1 Å². The van der Waals surface area contributed by atoms with Crippen molar-refractivity contribution in [2.24, 2.45) is 0 Å². The molecule has 20 heavy (non-hydrogen) atoms. The van der Waals surface area contributed by atoms with Crippen LogP contribution in [0.1, 0.15) is 37.1 Å². The minimum atomic E-state index is -0.0103. The Kier molecular flexibility index (Phi) is 4.42. The standard InChI is InChI=1S/C14H23N5O/c1-5-19(8-11(20)15-3)14-9(2)12(16-4)17-13(18-14)10-6-7-10/h10H,5-8H2,1-4H3,(H,15,20)(H,16,17,18). The summed E-state index contributed by atoms with van der Waals surface area (Å²) in [5.41, 5.74) is 0.989. The minimum absolute atomic E-state index is 0.0103. The lowest BCUT2D eigenvalue weighted by atomic mass is 10.2. The van der Waals surface area contributed by atoms with Crippen molar-refractivity contribution in [2.45, 2.75) is 32.6 Å². The third-order valence-corrected chi connectivity index (χ3v) is 3.61. The molecule has 0 atom stereocenters. The number of likely N-dealkylation sites (N-methyl/N-ethyl adjacent to an activating group) is 2. The molecule has 6 nitrogen and oxygen atoms in total. The Bertz CT molecular complexity index is 499. The Balaban J connectivity index is 2.36. The van der Waals surface area contributed by atoms with E-state index < -0.39 is 0 Å². The van der Waals surface area contributed by atoms with Gasteiger partial charge in [-0.25, -0.2) is 9.97 Å². The van der Waals surface area contributed by atoms with E-state index in [1.54, 1.807) is 7.05 Å². The number of nitrogens with one attached hydrogen (secondary N) is 2. The molecule has 0 aliphatic heterocycles. The summed E-state index contributed by atoms with van der Waals surface area (Å²) in [6, 6.07) is 0. The summed E-state index contributed by atoms with van der Waals surface area (Å²) in [6.45, 7) is 5.07. The molecule has 0 spiro atoms. The zero-order valence-electron chi connectivity index (χ0n) is 12.7. The molecule has 2 N–H and O–H groups in total. The van der Waals surface area contributed by atoms with Crippen molar-refractivity contribution in [3.63, 3.8) is 0 Å². The molecule has 1 fully saturated rings.